The van der Waals surface area contributed by atoms with E-state index in [0.29, 0.717) is 16.1 Å². The molecule has 5 heteroatoms. The van der Waals surface area contributed by atoms with Crippen molar-refractivity contribution in [2.75, 3.05) is 19.0 Å². The summed E-state index contributed by atoms with van der Waals surface area (Å²) in [5, 5.41) is 13.8. The maximum Gasteiger partial charge on any atom is 0.172 e. The van der Waals surface area contributed by atoms with Crippen LogP contribution in [0.1, 0.15) is 41.7 Å². The fraction of sp³-hybridized carbons (Fsp3) is 0.400. The second-order valence-corrected chi connectivity index (χ2v) is 7.72. The van der Waals surface area contributed by atoms with Gasteiger partial charge in [-0.2, -0.15) is 0 Å². The summed E-state index contributed by atoms with van der Waals surface area (Å²) in [6.45, 7) is 2.93. The van der Waals surface area contributed by atoms with Crippen molar-refractivity contribution in [3.05, 3.63) is 51.5 Å². The van der Waals surface area contributed by atoms with Crippen molar-refractivity contribution in [2.45, 2.75) is 31.9 Å². The van der Waals surface area contributed by atoms with Gasteiger partial charge in [0.15, 0.2) is 11.5 Å². The Balaban J connectivity index is 1.80. The SMILES string of the molecule is COc1cc([C@@H]2Nc3ccc(C)cc3[C@H]3OCCC[C@H]32)cc(Br)c1O. The maximum absolute atomic E-state index is 10.1. The number of methoxy groups -OCH3 is 1. The van der Waals surface area contributed by atoms with Gasteiger partial charge in [0.25, 0.3) is 0 Å². The van der Waals surface area contributed by atoms with Crippen LogP contribution in [-0.4, -0.2) is 18.8 Å². The Hall–Kier alpha value is -1.72. The molecule has 0 aromatic heterocycles. The van der Waals surface area contributed by atoms with Gasteiger partial charge in [-0.25, -0.2) is 0 Å². The average molecular weight is 404 g/mol. The largest absolute Gasteiger partial charge is 0.503 e. The number of aromatic hydroxyl groups is 1. The number of hydrogen-bond donors (Lipinski definition) is 2. The average Bonchev–Trinajstić information content (AvgIpc) is 2.63. The number of halogens is 1. The molecule has 0 unspecified atom stereocenters. The summed E-state index contributed by atoms with van der Waals surface area (Å²) in [4.78, 5) is 0. The van der Waals surface area contributed by atoms with Gasteiger partial charge in [0.1, 0.15) is 0 Å². The zero-order chi connectivity index (χ0) is 17.6. The van der Waals surface area contributed by atoms with E-state index in [-0.39, 0.29) is 17.9 Å². The summed E-state index contributed by atoms with van der Waals surface area (Å²) in [5.74, 6) is 0.966. The summed E-state index contributed by atoms with van der Waals surface area (Å²) < 4.78 is 12.2. The minimum Gasteiger partial charge on any atom is -0.503 e. The fourth-order valence-electron chi connectivity index (χ4n) is 4.05. The summed E-state index contributed by atoms with van der Waals surface area (Å²) >= 11 is 3.44. The molecular weight excluding hydrogens is 382 g/mol. The van der Waals surface area contributed by atoms with Gasteiger partial charge in [-0.1, -0.05) is 17.7 Å². The lowest BCUT2D eigenvalue weighted by molar-refractivity contribution is -0.0381. The zero-order valence-electron chi connectivity index (χ0n) is 14.4. The lowest BCUT2D eigenvalue weighted by Gasteiger charge is -2.43. The molecule has 132 valence electrons. The van der Waals surface area contributed by atoms with Gasteiger partial charge in [-0.3, -0.25) is 0 Å². The van der Waals surface area contributed by atoms with Crippen molar-refractivity contribution in [2.24, 2.45) is 5.92 Å². The molecule has 0 aliphatic carbocycles. The van der Waals surface area contributed by atoms with E-state index in [4.69, 9.17) is 9.47 Å². The number of hydrogen-bond acceptors (Lipinski definition) is 4. The molecule has 2 aliphatic heterocycles. The highest BCUT2D eigenvalue weighted by Crippen LogP contribution is 2.50. The lowest BCUT2D eigenvalue weighted by atomic mass is 9.77. The highest BCUT2D eigenvalue weighted by Gasteiger charge is 2.40. The van der Waals surface area contributed by atoms with Gasteiger partial charge < -0.3 is 19.9 Å². The van der Waals surface area contributed by atoms with Crippen molar-refractivity contribution in [3.8, 4) is 11.5 Å². The minimum atomic E-state index is 0.105. The van der Waals surface area contributed by atoms with E-state index < -0.39 is 0 Å². The second-order valence-electron chi connectivity index (χ2n) is 6.86. The van der Waals surface area contributed by atoms with E-state index in [0.717, 1.165) is 30.7 Å². The van der Waals surface area contributed by atoms with Crippen LogP contribution in [0.3, 0.4) is 0 Å². The van der Waals surface area contributed by atoms with Crippen LogP contribution in [0.2, 0.25) is 0 Å². The Bertz CT molecular complexity index is 808. The van der Waals surface area contributed by atoms with E-state index in [1.54, 1.807) is 7.11 Å². The van der Waals surface area contributed by atoms with Gasteiger partial charge >= 0.3 is 0 Å². The predicted molar refractivity (Wildman–Crippen MR) is 101 cm³/mol. The Morgan fingerprint density at radius 2 is 2.12 bits per heavy atom. The Morgan fingerprint density at radius 1 is 1.28 bits per heavy atom. The minimum absolute atomic E-state index is 0.105. The highest BCUT2D eigenvalue weighted by molar-refractivity contribution is 9.10. The third-order valence-electron chi connectivity index (χ3n) is 5.25. The standard InChI is InChI=1S/C20H22BrNO3/c1-11-5-6-16-14(8-11)20-13(4-3-7-25-20)18(22-16)12-9-15(21)19(23)17(10-12)24-2/h5-6,8-10,13,18,20,22-23H,3-4,7H2,1-2H3/t13-,18-,20-/m0/s1. The predicted octanol–water partition coefficient (Wildman–Crippen LogP) is 5.11. The Kier molecular flexibility index (Phi) is 4.38. The van der Waals surface area contributed by atoms with Crippen molar-refractivity contribution < 1.29 is 14.6 Å². The first kappa shape index (κ1) is 16.7. The first-order chi connectivity index (χ1) is 12.1. The molecule has 1 fully saturated rings. The van der Waals surface area contributed by atoms with Crippen LogP contribution < -0.4 is 10.1 Å². The van der Waals surface area contributed by atoms with E-state index in [9.17, 15) is 5.11 Å². The number of phenolic OH excluding ortho intramolecular Hbond substituents is 1. The molecule has 3 atom stereocenters. The highest BCUT2D eigenvalue weighted by atomic mass is 79.9. The Morgan fingerprint density at radius 3 is 2.92 bits per heavy atom. The number of nitrogens with one attached hydrogen (secondary N) is 1. The van der Waals surface area contributed by atoms with Gasteiger partial charge in [0, 0.05) is 23.8 Å². The number of rotatable bonds is 2. The van der Waals surface area contributed by atoms with E-state index in [1.807, 2.05) is 12.1 Å². The van der Waals surface area contributed by atoms with Crippen LogP contribution in [0.4, 0.5) is 5.69 Å². The molecule has 0 radical (unpaired) electrons. The topological polar surface area (TPSA) is 50.7 Å². The smallest absolute Gasteiger partial charge is 0.172 e. The van der Waals surface area contributed by atoms with Gasteiger partial charge in [-0.05, 0) is 59.5 Å². The summed E-state index contributed by atoms with van der Waals surface area (Å²) in [7, 11) is 1.57. The van der Waals surface area contributed by atoms with Crippen LogP contribution in [0.15, 0.2) is 34.8 Å². The van der Waals surface area contributed by atoms with Gasteiger partial charge in [0.2, 0.25) is 0 Å². The lowest BCUT2D eigenvalue weighted by Crippen LogP contribution is -2.36. The summed E-state index contributed by atoms with van der Waals surface area (Å²) in [6, 6.07) is 10.5. The Labute approximate surface area is 156 Å². The maximum atomic E-state index is 10.1. The second kappa shape index (κ2) is 6.54. The molecule has 25 heavy (non-hydrogen) atoms. The number of fused-ring (bicyclic) bond motifs is 3. The quantitative estimate of drug-likeness (QED) is 0.731. The van der Waals surface area contributed by atoms with E-state index in [2.05, 4.69) is 46.4 Å². The van der Waals surface area contributed by atoms with Crippen LogP contribution in [-0.2, 0) is 4.74 Å². The molecule has 2 N–H and O–H groups in total. The first-order valence-electron chi connectivity index (χ1n) is 8.63. The molecule has 0 spiro atoms. The van der Waals surface area contributed by atoms with E-state index >= 15 is 0 Å². The monoisotopic (exact) mass is 403 g/mol. The van der Waals surface area contributed by atoms with E-state index in [1.165, 1.54) is 11.1 Å². The molecule has 2 aromatic carbocycles. The summed E-state index contributed by atoms with van der Waals surface area (Å²) in [5.41, 5.74) is 4.72. The molecule has 0 amide bonds. The van der Waals surface area contributed by atoms with Gasteiger partial charge in [-0.15, -0.1) is 0 Å². The van der Waals surface area contributed by atoms with Crippen LogP contribution >= 0.6 is 15.9 Å². The number of anilines is 1. The molecule has 2 aliphatic rings. The molecule has 2 heterocycles. The first-order valence-corrected chi connectivity index (χ1v) is 9.43. The number of ether oxygens (including phenoxy) is 2. The molecule has 0 bridgehead atoms. The molecule has 4 rings (SSSR count). The molecule has 4 nitrogen and oxygen atoms in total. The third-order valence-corrected chi connectivity index (χ3v) is 5.86. The molecule has 0 saturated carbocycles. The molecule has 1 saturated heterocycles. The van der Waals surface area contributed by atoms with Crippen LogP contribution in [0, 0.1) is 12.8 Å². The molecule has 2 aromatic rings. The molecular formula is C20H22BrNO3. The van der Waals surface area contributed by atoms with Crippen molar-refractivity contribution >= 4 is 21.6 Å². The van der Waals surface area contributed by atoms with Crippen molar-refractivity contribution in [1.29, 1.82) is 0 Å². The van der Waals surface area contributed by atoms with Crippen LogP contribution in [0.5, 0.6) is 11.5 Å². The van der Waals surface area contributed by atoms with Crippen molar-refractivity contribution in [3.63, 3.8) is 0 Å². The normalized spacial score (nSPS) is 24.8. The van der Waals surface area contributed by atoms with Gasteiger partial charge in [0.05, 0.1) is 23.7 Å². The number of phenols is 1. The summed E-state index contributed by atoms with van der Waals surface area (Å²) in [6.07, 6.45) is 2.28. The fourth-order valence-corrected chi connectivity index (χ4v) is 4.51. The van der Waals surface area contributed by atoms with Crippen LogP contribution in [0.25, 0.3) is 0 Å². The van der Waals surface area contributed by atoms with Crippen molar-refractivity contribution in [1.82, 2.24) is 0 Å². The number of benzene rings is 2. The zero-order valence-corrected chi connectivity index (χ0v) is 16.0. The number of aryl methyl sites for hydroxylation is 1. The third kappa shape index (κ3) is 2.89.